The fraction of sp³-hybridized carbons (Fsp3) is 0.417. The SMILES string of the molecule is O=C(O)c1cccc(NC(=O)N2CCCCC2)n1. The van der Waals surface area contributed by atoms with Gasteiger partial charge in [-0.2, -0.15) is 0 Å². The van der Waals surface area contributed by atoms with Crippen LogP contribution in [-0.4, -0.2) is 40.1 Å². The van der Waals surface area contributed by atoms with Crippen LogP contribution in [0.25, 0.3) is 0 Å². The molecular weight excluding hydrogens is 234 g/mol. The van der Waals surface area contributed by atoms with Crippen molar-refractivity contribution in [2.45, 2.75) is 19.3 Å². The number of amides is 2. The molecule has 18 heavy (non-hydrogen) atoms. The number of carbonyl (C=O) groups is 2. The number of likely N-dealkylation sites (tertiary alicyclic amines) is 1. The van der Waals surface area contributed by atoms with Gasteiger partial charge < -0.3 is 10.0 Å². The van der Waals surface area contributed by atoms with Crippen LogP contribution in [0.15, 0.2) is 18.2 Å². The Hall–Kier alpha value is -2.11. The van der Waals surface area contributed by atoms with Crippen LogP contribution >= 0.6 is 0 Å². The molecule has 1 saturated heterocycles. The van der Waals surface area contributed by atoms with Gasteiger partial charge in [0.15, 0.2) is 5.69 Å². The molecule has 0 atom stereocenters. The van der Waals surface area contributed by atoms with E-state index in [9.17, 15) is 9.59 Å². The number of carboxylic acids is 1. The van der Waals surface area contributed by atoms with E-state index in [4.69, 9.17) is 5.11 Å². The summed E-state index contributed by atoms with van der Waals surface area (Å²) in [6, 6.07) is 4.31. The van der Waals surface area contributed by atoms with Gasteiger partial charge in [-0.05, 0) is 31.4 Å². The molecule has 96 valence electrons. The van der Waals surface area contributed by atoms with E-state index in [1.807, 2.05) is 0 Å². The lowest BCUT2D eigenvalue weighted by molar-refractivity contribution is 0.0690. The first-order valence-electron chi connectivity index (χ1n) is 5.93. The van der Waals surface area contributed by atoms with Crippen molar-refractivity contribution in [1.29, 1.82) is 0 Å². The molecule has 2 N–H and O–H groups in total. The van der Waals surface area contributed by atoms with Crippen LogP contribution in [-0.2, 0) is 0 Å². The van der Waals surface area contributed by atoms with Gasteiger partial charge in [0.1, 0.15) is 5.82 Å². The number of pyridine rings is 1. The number of nitrogens with zero attached hydrogens (tertiary/aromatic N) is 2. The van der Waals surface area contributed by atoms with E-state index in [0.717, 1.165) is 32.4 Å². The average molecular weight is 249 g/mol. The minimum atomic E-state index is -1.11. The number of aromatic carboxylic acids is 1. The highest BCUT2D eigenvalue weighted by atomic mass is 16.4. The number of urea groups is 1. The second-order valence-electron chi connectivity index (χ2n) is 4.19. The van der Waals surface area contributed by atoms with Crippen molar-refractivity contribution < 1.29 is 14.7 Å². The van der Waals surface area contributed by atoms with Crippen molar-refractivity contribution in [3.8, 4) is 0 Å². The Balaban J connectivity index is 2.02. The largest absolute Gasteiger partial charge is 0.477 e. The van der Waals surface area contributed by atoms with Gasteiger partial charge in [0.2, 0.25) is 0 Å². The van der Waals surface area contributed by atoms with Crippen LogP contribution in [0.3, 0.4) is 0 Å². The van der Waals surface area contributed by atoms with Crippen LogP contribution in [0, 0.1) is 0 Å². The minimum Gasteiger partial charge on any atom is -0.477 e. The number of piperidine rings is 1. The zero-order valence-corrected chi connectivity index (χ0v) is 9.93. The lowest BCUT2D eigenvalue weighted by Gasteiger charge is -2.26. The van der Waals surface area contributed by atoms with Gasteiger partial charge in [0.05, 0.1) is 0 Å². The molecule has 1 aliphatic rings. The molecule has 0 aliphatic carbocycles. The molecule has 0 spiro atoms. The molecule has 1 fully saturated rings. The Kier molecular flexibility index (Phi) is 3.76. The lowest BCUT2D eigenvalue weighted by Crippen LogP contribution is -2.38. The summed E-state index contributed by atoms with van der Waals surface area (Å²) in [6.45, 7) is 1.48. The van der Waals surface area contributed by atoms with Crippen molar-refractivity contribution >= 4 is 17.8 Å². The van der Waals surface area contributed by atoms with E-state index < -0.39 is 5.97 Å². The quantitative estimate of drug-likeness (QED) is 0.837. The summed E-state index contributed by atoms with van der Waals surface area (Å²) in [6.07, 6.45) is 3.17. The predicted octanol–water partition coefficient (Wildman–Crippen LogP) is 1.80. The molecular formula is C12H15N3O3. The Bertz CT molecular complexity index is 456. The summed E-state index contributed by atoms with van der Waals surface area (Å²) in [5, 5.41) is 11.4. The fourth-order valence-electron chi connectivity index (χ4n) is 1.91. The molecule has 2 heterocycles. The Labute approximate surface area is 105 Å². The maximum atomic E-state index is 11.9. The average Bonchev–Trinajstić information content (AvgIpc) is 2.40. The number of aromatic nitrogens is 1. The first kappa shape index (κ1) is 12.3. The van der Waals surface area contributed by atoms with Gasteiger partial charge in [-0.15, -0.1) is 0 Å². The summed E-state index contributed by atoms with van der Waals surface area (Å²) in [4.78, 5) is 28.2. The van der Waals surface area contributed by atoms with E-state index in [0.29, 0.717) is 0 Å². The van der Waals surface area contributed by atoms with Gasteiger partial charge in [0, 0.05) is 13.1 Å². The number of anilines is 1. The number of carbonyl (C=O) groups excluding carboxylic acids is 1. The molecule has 2 amide bonds. The smallest absolute Gasteiger partial charge is 0.354 e. The maximum absolute atomic E-state index is 11.9. The summed E-state index contributed by atoms with van der Waals surface area (Å²) >= 11 is 0. The molecule has 1 aromatic rings. The molecule has 1 aliphatic heterocycles. The van der Waals surface area contributed by atoms with Crippen molar-refractivity contribution in [2.75, 3.05) is 18.4 Å². The van der Waals surface area contributed by atoms with Gasteiger partial charge in [-0.25, -0.2) is 14.6 Å². The highest BCUT2D eigenvalue weighted by Crippen LogP contribution is 2.11. The van der Waals surface area contributed by atoms with Crippen LogP contribution < -0.4 is 5.32 Å². The van der Waals surface area contributed by atoms with E-state index in [-0.39, 0.29) is 17.5 Å². The van der Waals surface area contributed by atoms with Crippen LogP contribution in [0.5, 0.6) is 0 Å². The fourth-order valence-corrected chi connectivity index (χ4v) is 1.91. The zero-order chi connectivity index (χ0) is 13.0. The number of carboxylic acid groups (broad SMARTS) is 1. The molecule has 6 nitrogen and oxygen atoms in total. The van der Waals surface area contributed by atoms with Gasteiger partial charge >= 0.3 is 12.0 Å². The zero-order valence-electron chi connectivity index (χ0n) is 9.93. The predicted molar refractivity (Wildman–Crippen MR) is 65.6 cm³/mol. The van der Waals surface area contributed by atoms with Gasteiger partial charge in [-0.3, -0.25) is 5.32 Å². The van der Waals surface area contributed by atoms with E-state index in [1.165, 1.54) is 6.07 Å². The third-order valence-electron chi connectivity index (χ3n) is 2.85. The number of nitrogens with one attached hydrogen (secondary N) is 1. The normalized spacial score (nSPS) is 15.2. The second kappa shape index (κ2) is 5.48. The first-order chi connectivity index (χ1) is 8.66. The van der Waals surface area contributed by atoms with Crippen molar-refractivity contribution in [1.82, 2.24) is 9.88 Å². The first-order valence-corrected chi connectivity index (χ1v) is 5.93. The summed E-state index contributed by atoms with van der Waals surface area (Å²) in [5.41, 5.74) is -0.0774. The van der Waals surface area contributed by atoms with Crippen LogP contribution in [0.1, 0.15) is 29.8 Å². The highest BCUT2D eigenvalue weighted by Gasteiger charge is 2.17. The van der Waals surface area contributed by atoms with E-state index in [2.05, 4.69) is 10.3 Å². The number of hydrogen-bond donors (Lipinski definition) is 2. The third kappa shape index (κ3) is 2.97. The molecule has 0 unspecified atom stereocenters. The molecule has 0 saturated carbocycles. The van der Waals surface area contributed by atoms with E-state index in [1.54, 1.807) is 17.0 Å². The van der Waals surface area contributed by atoms with E-state index >= 15 is 0 Å². The molecule has 0 aromatic carbocycles. The standard InChI is InChI=1S/C12H15N3O3/c16-11(17)9-5-4-6-10(13-9)14-12(18)15-7-2-1-3-8-15/h4-6H,1-3,7-8H2,(H,16,17)(H,13,14,18). The van der Waals surface area contributed by atoms with Crippen molar-refractivity contribution in [3.63, 3.8) is 0 Å². The Morgan fingerprint density at radius 2 is 1.94 bits per heavy atom. The summed E-state index contributed by atoms with van der Waals surface area (Å²) in [5.74, 6) is -0.838. The van der Waals surface area contributed by atoms with Gasteiger partial charge in [-0.1, -0.05) is 6.07 Å². The number of hydrogen-bond acceptors (Lipinski definition) is 3. The molecule has 1 aromatic heterocycles. The van der Waals surface area contributed by atoms with Crippen molar-refractivity contribution in [2.24, 2.45) is 0 Å². The topological polar surface area (TPSA) is 82.5 Å². The molecule has 0 radical (unpaired) electrons. The second-order valence-corrected chi connectivity index (χ2v) is 4.19. The maximum Gasteiger partial charge on any atom is 0.354 e. The Morgan fingerprint density at radius 3 is 2.61 bits per heavy atom. The Morgan fingerprint density at radius 1 is 1.22 bits per heavy atom. The van der Waals surface area contributed by atoms with Crippen molar-refractivity contribution in [3.05, 3.63) is 23.9 Å². The molecule has 2 rings (SSSR count). The minimum absolute atomic E-state index is 0.0774. The third-order valence-corrected chi connectivity index (χ3v) is 2.85. The van der Waals surface area contributed by atoms with Crippen LogP contribution in [0.4, 0.5) is 10.6 Å². The van der Waals surface area contributed by atoms with Crippen LogP contribution in [0.2, 0.25) is 0 Å². The highest BCUT2D eigenvalue weighted by molar-refractivity contribution is 5.90. The summed E-state index contributed by atoms with van der Waals surface area (Å²) in [7, 11) is 0. The number of rotatable bonds is 2. The summed E-state index contributed by atoms with van der Waals surface area (Å²) < 4.78 is 0. The monoisotopic (exact) mass is 249 g/mol. The van der Waals surface area contributed by atoms with Gasteiger partial charge in [0.25, 0.3) is 0 Å². The molecule has 0 bridgehead atoms. The molecule has 6 heteroatoms. The lowest BCUT2D eigenvalue weighted by atomic mass is 10.1.